The Morgan fingerprint density at radius 3 is 1.70 bits per heavy atom. The summed E-state index contributed by atoms with van der Waals surface area (Å²) < 4.78 is 7.14. The number of hydrogen-bond acceptors (Lipinski definition) is 0. The molecule has 1 aromatic rings. The fraction of sp³-hybridized carbons (Fsp3) is 0.739. The van der Waals surface area contributed by atoms with Gasteiger partial charge in [-0.3, -0.25) is 0 Å². The fourth-order valence-corrected chi connectivity index (χ4v) is 20.7. The van der Waals surface area contributed by atoms with Crippen LogP contribution in [0.25, 0.3) is 0 Å². The maximum atomic E-state index is 6.38. The molecule has 0 unspecified atom stereocenters. The van der Waals surface area contributed by atoms with Gasteiger partial charge in [-0.25, -0.2) is 0 Å². The Kier molecular flexibility index (Phi) is 14.6. The summed E-state index contributed by atoms with van der Waals surface area (Å²) in [6.45, 7) is 8.16. The van der Waals surface area contributed by atoms with Crippen molar-refractivity contribution in [3.8, 4) is 0 Å². The monoisotopic (exact) mass is 615 g/mol. The number of unbranched alkanes of at least 4 members (excludes halogenated alkanes) is 3. The van der Waals surface area contributed by atoms with E-state index in [4.69, 9.17) is 11.6 Å². The molecule has 27 heavy (non-hydrogen) atoms. The molecule has 1 aromatic carbocycles. The summed E-state index contributed by atoms with van der Waals surface area (Å²) in [5.74, 6) is 0. The molecule has 0 aliphatic rings. The van der Waals surface area contributed by atoms with Gasteiger partial charge in [0, 0.05) is 0 Å². The molecule has 0 aliphatic heterocycles. The summed E-state index contributed by atoms with van der Waals surface area (Å²) in [6.07, 6.45) is 8.39. The molecule has 0 bridgehead atoms. The minimum atomic E-state index is -2.16. The third kappa shape index (κ3) is 11.1. The molecule has 158 valence electrons. The van der Waals surface area contributed by atoms with E-state index in [1.807, 2.05) is 0 Å². The summed E-state index contributed by atoms with van der Waals surface area (Å²) in [7, 11) is 6.85. The Morgan fingerprint density at radius 2 is 1.30 bits per heavy atom. The molecule has 0 fully saturated rings. The summed E-state index contributed by atoms with van der Waals surface area (Å²) >= 11 is 4.21. The maximum Gasteiger partial charge on any atom is -1.00 e. The molecule has 0 saturated carbocycles. The van der Waals surface area contributed by atoms with Gasteiger partial charge >= 0.3 is 174 Å². The number of benzene rings is 1. The van der Waals surface area contributed by atoms with Crippen molar-refractivity contribution in [3.05, 3.63) is 34.3 Å². The largest absolute Gasteiger partial charge is 1.00 e. The number of nitrogens with zero attached hydrogens (tertiary/aromatic N) is 1. The van der Waals surface area contributed by atoms with E-state index in [0.717, 1.165) is 16.1 Å². The zero-order valence-electron chi connectivity index (χ0n) is 18.7. The molecule has 1 nitrogen and oxygen atoms in total. The van der Waals surface area contributed by atoms with Crippen molar-refractivity contribution in [1.29, 1.82) is 0 Å². The summed E-state index contributed by atoms with van der Waals surface area (Å²) in [5.41, 5.74) is 3.12. The molecule has 0 heterocycles. The van der Waals surface area contributed by atoms with Crippen molar-refractivity contribution in [2.45, 2.75) is 83.6 Å². The number of rotatable bonds is 13. The predicted octanol–water partition coefficient (Wildman–Crippen LogP) is 4.48. The SMILES string of the molecule is CCC[CH2][Sn]([CH2]CCC)([CH2]CCC)[CH2]c1ccc(Cl)cc1C[N+](C)(C)C.[I-]. The van der Waals surface area contributed by atoms with Crippen LogP contribution in [0.4, 0.5) is 0 Å². The van der Waals surface area contributed by atoms with E-state index < -0.39 is 18.4 Å². The van der Waals surface area contributed by atoms with E-state index in [9.17, 15) is 0 Å². The second-order valence-electron chi connectivity index (χ2n) is 9.35. The second kappa shape index (κ2) is 14.1. The van der Waals surface area contributed by atoms with E-state index in [1.54, 1.807) is 18.9 Å². The van der Waals surface area contributed by atoms with Crippen LogP contribution in [0.5, 0.6) is 0 Å². The molecule has 0 spiro atoms. The molecular weight excluding hydrogens is 571 g/mol. The van der Waals surface area contributed by atoms with Crippen LogP contribution in [0.2, 0.25) is 18.3 Å². The van der Waals surface area contributed by atoms with Crippen molar-refractivity contribution >= 4 is 30.0 Å². The van der Waals surface area contributed by atoms with Crippen molar-refractivity contribution in [2.24, 2.45) is 0 Å². The minimum Gasteiger partial charge on any atom is -1.00 e. The minimum absolute atomic E-state index is 0. The first-order chi connectivity index (χ1) is 12.2. The van der Waals surface area contributed by atoms with E-state index in [0.29, 0.717) is 0 Å². The first-order valence-corrected chi connectivity index (χ1v) is 19.3. The normalized spacial score (nSPS) is 12.1. The third-order valence-corrected chi connectivity index (χ3v) is 21.1. The quantitative estimate of drug-likeness (QED) is 0.175. The van der Waals surface area contributed by atoms with Gasteiger partial charge < -0.3 is 24.0 Å². The Hall–Kier alpha value is 0.999. The van der Waals surface area contributed by atoms with Crippen LogP contribution in [0.1, 0.15) is 70.4 Å². The Labute approximate surface area is 196 Å². The molecule has 0 saturated heterocycles. The maximum absolute atomic E-state index is 6.38. The average Bonchev–Trinajstić information content (AvgIpc) is 2.57. The zero-order valence-corrected chi connectivity index (χ0v) is 24.5. The predicted molar refractivity (Wildman–Crippen MR) is 122 cm³/mol. The molecule has 0 atom stereocenters. The first kappa shape index (κ1) is 28.0. The standard InChI is InChI=1S/C11H16ClN.3C4H9.HI.Sn/c1-9-5-6-11(12)7-10(9)8-13(2,3)4;3*1-3-4-2;;/h5-7H,1,8H2,2-4H3;3*1,3-4H2,2H3;1H;/q+1;;;;;/p-1. The second-order valence-corrected chi connectivity index (χ2v) is 23.6. The third-order valence-electron chi connectivity index (χ3n) is 5.56. The van der Waals surface area contributed by atoms with Crippen molar-refractivity contribution in [1.82, 2.24) is 0 Å². The number of halogens is 2. The smallest absolute Gasteiger partial charge is 1.00 e. The van der Waals surface area contributed by atoms with Gasteiger partial charge in [0.05, 0.1) is 0 Å². The van der Waals surface area contributed by atoms with Gasteiger partial charge in [-0.15, -0.1) is 0 Å². The molecule has 0 amide bonds. The summed E-state index contributed by atoms with van der Waals surface area (Å²) in [6, 6.07) is 6.74. The van der Waals surface area contributed by atoms with E-state index in [1.165, 1.54) is 48.5 Å². The molecule has 4 heteroatoms. The van der Waals surface area contributed by atoms with Gasteiger partial charge in [0.1, 0.15) is 0 Å². The molecule has 1 rings (SSSR count). The van der Waals surface area contributed by atoms with Crippen molar-refractivity contribution in [2.75, 3.05) is 21.1 Å². The van der Waals surface area contributed by atoms with E-state index >= 15 is 0 Å². The Morgan fingerprint density at radius 1 is 0.815 bits per heavy atom. The van der Waals surface area contributed by atoms with Gasteiger partial charge in [0.25, 0.3) is 0 Å². The van der Waals surface area contributed by atoms with Crippen LogP contribution in [-0.4, -0.2) is 44.0 Å². The molecule has 0 N–H and O–H groups in total. The van der Waals surface area contributed by atoms with Gasteiger partial charge in [0.15, 0.2) is 0 Å². The van der Waals surface area contributed by atoms with E-state index in [-0.39, 0.29) is 24.0 Å². The topological polar surface area (TPSA) is 0 Å². The van der Waals surface area contributed by atoms with Gasteiger partial charge in [0.2, 0.25) is 0 Å². The van der Waals surface area contributed by atoms with Crippen LogP contribution in [0.3, 0.4) is 0 Å². The van der Waals surface area contributed by atoms with Crippen molar-refractivity contribution < 1.29 is 28.5 Å². The fourth-order valence-electron chi connectivity index (χ4n) is 4.12. The average molecular weight is 615 g/mol. The number of hydrogen-bond donors (Lipinski definition) is 0. The van der Waals surface area contributed by atoms with Gasteiger partial charge in [-0.05, 0) is 0 Å². The molecule has 0 radical (unpaired) electrons. The van der Waals surface area contributed by atoms with Crippen LogP contribution < -0.4 is 24.0 Å². The van der Waals surface area contributed by atoms with Crippen molar-refractivity contribution in [3.63, 3.8) is 0 Å². The van der Waals surface area contributed by atoms with Gasteiger partial charge in [-0.2, -0.15) is 0 Å². The molecular formula is C23H43ClINSn. The van der Waals surface area contributed by atoms with Crippen LogP contribution in [0.15, 0.2) is 18.2 Å². The Bertz CT molecular complexity index is 506. The number of quaternary nitrogens is 1. The first-order valence-electron chi connectivity index (χ1n) is 10.8. The summed E-state index contributed by atoms with van der Waals surface area (Å²) in [4.78, 5) is 0. The molecule has 0 aromatic heterocycles. The van der Waals surface area contributed by atoms with Gasteiger partial charge in [-0.1, -0.05) is 0 Å². The summed E-state index contributed by atoms with van der Waals surface area (Å²) in [5, 5.41) is 0.897. The van der Waals surface area contributed by atoms with Crippen LogP contribution in [0, 0.1) is 0 Å². The molecule has 0 aliphatic carbocycles. The zero-order chi connectivity index (χ0) is 19.6. The van der Waals surface area contributed by atoms with E-state index in [2.05, 4.69) is 60.1 Å². The Balaban J connectivity index is 0.00000676. The van der Waals surface area contributed by atoms with Crippen LogP contribution >= 0.6 is 11.6 Å². The van der Waals surface area contributed by atoms with Crippen LogP contribution in [-0.2, 0) is 11.0 Å².